The molecular weight excluding hydrogens is 218 g/mol. The molecule has 0 fully saturated rings. The number of hydrogen-bond acceptors (Lipinski definition) is 2. The molecule has 1 aliphatic heterocycles. The molecule has 0 aliphatic carbocycles. The summed E-state index contributed by atoms with van der Waals surface area (Å²) in [6.45, 7) is 7.27. The molecule has 86 valence electrons. The normalized spacial score (nSPS) is 16.9. The van der Waals surface area contributed by atoms with Gasteiger partial charge >= 0.3 is 0 Å². The van der Waals surface area contributed by atoms with Gasteiger partial charge in [0.05, 0.1) is 10.6 Å². The Morgan fingerprint density at radius 1 is 1.38 bits per heavy atom. The van der Waals surface area contributed by atoms with E-state index in [1.807, 2.05) is 0 Å². The van der Waals surface area contributed by atoms with Gasteiger partial charge in [0.2, 0.25) is 5.96 Å². The summed E-state index contributed by atoms with van der Waals surface area (Å²) in [5.74, 6) is 1.44. The summed E-state index contributed by atoms with van der Waals surface area (Å²) in [4.78, 5) is 5.70. The Kier molecular flexibility index (Phi) is 3.39. The van der Waals surface area contributed by atoms with Crippen LogP contribution in [0.5, 0.6) is 0 Å². The van der Waals surface area contributed by atoms with Crippen LogP contribution in [0.15, 0.2) is 28.1 Å². The van der Waals surface area contributed by atoms with Gasteiger partial charge in [-0.3, -0.25) is 9.71 Å². The molecule has 16 heavy (non-hydrogen) atoms. The molecule has 1 aromatic carbocycles. The van der Waals surface area contributed by atoms with Gasteiger partial charge in [-0.05, 0) is 42.5 Å². The van der Waals surface area contributed by atoms with Crippen LogP contribution < -0.4 is 10.0 Å². The van der Waals surface area contributed by atoms with Crippen molar-refractivity contribution in [3.63, 3.8) is 0 Å². The first-order chi connectivity index (χ1) is 7.65. The van der Waals surface area contributed by atoms with Crippen LogP contribution in [0.25, 0.3) is 0 Å². The van der Waals surface area contributed by atoms with Crippen molar-refractivity contribution in [1.29, 1.82) is 0 Å². The van der Waals surface area contributed by atoms with Crippen LogP contribution in [0, 0.1) is 12.8 Å². The summed E-state index contributed by atoms with van der Waals surface area (Å²) in [6.07, 6.45) is 0. The van der Waals surface area contributed by atoms with E-state index in [4.69, 9.17) is 0 Å². The predicted octanol–water partition coefficient (Wildman–Crippen LogP) is 3.03. The number of anilines is 1. The predicted molar refractivity (Wildman–Crippen MR) is 70.9 cm³/mol. The molecule has 0 saturated carbocycles. The van der Waals surface area contributed by atoms with E-state index in [1.165, 1.54) is 10.5 Å². The second-order valence-electron chi connectivity index (χ2n) is 4.41. The van der Waals surface area contributed by atoms with Gasteiger partial charge in [0, 0.05) is 6.54 Å². The van der Waals surface area contributed by atoms with Crippen LogP contribution >= 0.6 is 11.9 Å². The number of aryl methyl sites for hydroxylation is 1. The fourth-order valence-corrected chi connectivity index (χ4v) is 2.22. The van der Waals surface area contributed by atoms with Crippen molar-refractivity contribution in [2.75, 3.05) is 11.9 Å². The number of nitrogens with one attached hydrogen (secondary N) is 2. The van der Waals surface area contributed by atoms with Crippen molar-refractivity contribution in [3.05, 3.63) is 23.8 Å². The molecule has 0 amide bonds. The highest BCUT2D eigenvalue weighted by atomic mass is 32.2. The van der Waals surface area contributed by atoms with Crippen molar-refractivity contribution >= 4 is 23.6 Å². The van der Waals surface area contributed by atoms with Gasteiger partial charge in [0.1, 0.15) is 0 Å². The SMILES string of the molecule is Cc1ccc2c(c1)SNC(=NCC(C)C)N2. The lowest BCUT2D eigenvalue weighted by atomic mass is 10.2. The highest BCUT2D eigenvalue weighted by Gasteiger charge is 2.13. The maximum Gasteiger partial charge on any atom is 0.206 e. The van der Waals surface area contributed by atoms with Crippen LogP contribution in [-0.4, -0.2) is 12.5 Å². The maximum atomic E-state index is 4.48. The average molecular weight is 235 g/mol. The van der Waals surface area contributed by atoms with Crippen molar-refractivity contribution in [2.45, 2.75) is 25.7 Å². The van der Waals surface area contributed by atoms with E-state index in [-0.39, 0.29) is 0 Å². The first kappa shape index (κ1) is 11.3. The molecule has 4 heteroatoms. The fraction of sp³-hybridized carbons (Fsp3) is 0.417. The second-order valence-corrected chi connectivity index (χ2v) is 5.26. The van der Waals surface area contributed by atoms with Gasteiger partial charge in [-0.25, -0.2) is 0 Å². The van der Waals surface area contributed by atoms with Gasteiger partial charge in [-0.1, -0.05) is 19.9 Å². The smallest absolute Gasteiger partial charge is 0.206 e. The third kappa shape index (κ3) is 2.70. The van der Waals surface area contributed by atoms with Crippen LogP contribution in [0.4, 0.5) is 5.69 Å². The molecule has 1 heterocycles. The van der Waals surface area contributed by atoms with Crippen molar-refractivity contribution in [3.8, 4) is 0 Å². The molecule has 0 saturated heterocycles. The Hall–Kier alpha value is -1.16. The number of nitrogens with zero attached hydrogens (tertiary/aromatic N) is 1. The highest BCUT2D eigenvalue weighted by molar-refractivity contribution is 7.98. The number of fused-ring (bicyclic) bond motifs is 1. The standard InChI is InChI=1S/C12H17N3S/c1-8(2)7-13-12-14-10-5-4-9(3)6-11(10)16-15-12/h4-6,8H,7H2,1-3H3,(H2,13,14,15). The minimum absolute atomic E-state index is 0.584. The minimum atomic E-state index is 0.584. The third-order valence-corrected chi connectivity index (χ3v) is 3.12. The highest BCUT2D eigenvalue weighted by Crippen LogP contribution is 2.29. The zero-order valence-electron chi connectivity index (χ0n) is 9.87. The fourth-order valence-electron chi connectivity index (χ4n) is 1.42. The molecule has 0 atom stereocenters. The number of rotatable bonds is 2. The number of guanidine groups is 1. The molecular formula is C12H17N3S. The molecule has 0 spiro atoms. The zero-order valence-corrected chi connectivity index (χ0v) is 10.7. The Balaban J connectivity index is 2.12. The lowest BCUT2D eigenvalue weighted by Crippen LogP contribution is -2.29. The third-order valence-electron chi connectivity index (χ3n) is 2.26. The van der Waals surface area contributed by atoms with E-state index in [0.29, 0.717) is 5.92 Å². The van der Waals surface area contributed by atoms with Gasteiger partial charge in [0.25, 0.3) is 0 Å². The number of benzene rings is 1. The van der Waals surface area contributed by atoms with E-state index >= 15 is 0 Å². The molecule has 1 aromatic rings. The summed E-state index contributed by atoms with van der Waals surface area (Å²) in [6, 6.07) is 6.38. The Morgan fingerprint density at radius 2 is 2.19 bits per heavy atom. The van der Waals surface area contributed by atoms with E-state index in [2.05, 4.69) is 54.0 Å². The summed E-state index contributed by atoms with van der Waals surface area (Å²) in [7, 11) is 0. The lowest BCUT2D eigenvalue weighted by Gasteiger charge is -2.20. The number of hydrogen-bond donors (Lipinski definition) is 2. The quantitative estimate of drug-likeness (QED) is 0.774. The monoisotopic (exact) mass is 235 g/mol. The lowest BCUT2D eigenvalue weighted by molar-refractivity contribution is 0.664. The molecule has 0 unspecified atom stereocenters. The molecule has 2 N–H and O–H groups in total. The second kappa shape index (κ2) is 4.78. The molecule has 1 aliphatic rings. The van der Waals surface area contributed by atoms with E-state index < -0.39 is 0 Å². The van der Waals surface area contributed by atoms with E-state index in [9.17, 15) is 0 Å². The minimum Gasteiger partial charge on any atom is -0.325 e. The molecule has 0 aromatic heterocycles. The summed E-state index contributed by atoms with van der Waals surface area (Å²) >= 11 is 1.62. The molecule has 2 rings (SSSR count). The maximum absolute atomic E-state index is 4.48. The van der Waals surface area contributed by atoms with E-state index in [0.717, 1.165) is 18.2 Å². The molecule has 0 radical (unpaired) electrons. The first-order valence-electron chi connectivity index (χ1n) is 5.50. The van der Waals surface area contributed by atoms with Crippen molar-refractivity contribution < 1.29 is 0 Å². The summed E-state index contributed by atoms with van der Waals surface area (Å²) in [5.41, 5.74) is 2.41. The van der Waals surface area contributed by atoms with Crippen molar-refractivity contribution in [2.24, 2.45) is 10.9 Å². The van der Waals surface area contributed by atoms with Gasteiger partial charge in [-0.2, -0.15) is 0 Å². The largest absolute Gasteiger partial charge is 0.325 e. The topological polar surface area (TPSA) is 36.4 Å². The van der Waals surface area contributed by atoms with Gasteiger partial charge < -0.3 is 5.32 Å². The molecule has 0 bridgehead atoms. The van der Waals surface area contributed by atoms with E-state index in [1.54, 1.807) is 11.9 Å². The zero-order chi connectivity index (χ0) is 11.5. The van der Waals surface area contributed by atoms with Crippen LogP contribution in [-0.2, 0) is 0 Å². The summed E-state index contributed by atoms with van der Waals surface area (Å²) in [5, 5.41) is 3.30. The Bertz CT molecular complexity index is 413. The number of aliphatic imine (C=N–C) groups is 1. The first-order valence-corrected chi connectivity index (χ1v) is 6.32. The average Bonchev–Trinajstić information content (AvgIpc) is 2.26. The summed E-state index contributed by atoms with van der Waals surface area (Å²) < 4.78 is 3.21. The Morgan fingerprint density at radius 3 is 2.94 bits per heavy atom. The Labute approximate surface area is 101 Å². The van der Waals surface area contributed by atoms with Gasteiger partial charge in [-0.15, -0.1) is 0 Å². The van der Waals surface area contributed by atoms with Crippen molar-refractivity contribution in [1.82, 2.24) is 4.72 Å². The molecule has 3 nitrogen and oxygen atoms in total. The van der Waals surface area contributed by atoms with Crippen LogP contribution in [0.3, 0.4) is 0 Å². The van der Waals surface area contributed by atoms with Gasteiger partial charge in [0.15, 0.2) is 0 Å². The van der Waals surface area contributed by atoms with Crippen LogP contribution in [0.1, 0.15) is 19.4 Å². The van der Waals surface area contributed by atoms with Crippen LogP contribution in [0.2, 0.25) is 0 Å².